The van der Waals surface area contributed by atoms with Crippen molar-refractivity contribution in [2.75, 3.05) is 0 Å². The van der Waals surface area contributed by atoms with Crippen molar-refractivity contribution in [1.29, 1.82) is 0 Å². The topological polar surface area (TPSA) is 69.9 Å². The van der Waals surface area contributed by atoms with E-state index < -0.39 is 0 Å². The van der Waals surface area contributed by atoms with Gasteiger partial charge in [-0.1, -0.05) is 97.1 Å². The van der Waals surface area contributed by atoms with Crippen molar-refractivity contribution < 1.29 is 8.83 Å². The van der Waals surface area contributed by atoms with Crippen molar-refractivity contribution in [2.24, 2.45) is 0 Å². The maximum absolute atomic E-state index is 6.57. The predicted molar refractivity (Wildman–Crippen MR) is 188 cm³/mol. The molecule has 0 N–H and O–H groups in total. The second-order valence-corrected chi connectivity index (χ2v) is 11.6. The number of nitrogens with zero attached hydrogens (tertiary/aromatic N) is 4. The Morgan fingerprint density at radius 2 is 1.04 bits per heavy atom. The Morgan fingerprint density at radius 1 is 0.426 bits per heavy atom. The molecule has 10 rings (SSSR count). The minimum atomic E-state index is 0.586. The zero-order valence-electron chi connectivity index (χ0n) is 25.0. The van der Waals surface area contributed by atoms with Gasteiger partial charge in [-0.2, -0.15) is 0 Å². The Labute approximate surface area is 268 Å². The maximum atomic E-state index is 6.57. The minimum absolute atomic E-state index is 0.586. The molecule has 0 amide bonds. The van der Waals surface area contributed by atoms with E-state index in [1.165, 1.54) is 0 Å². The molecule has 0 aliphatic carbocycles. The summed E-state index contributed by atoms with van der Waals surface area (Å²) in [5.41, 5.74) is 9.19. The monoisotopic (exact) mass is 604 g/mol. The fourth-order valence-corrected chi connectivity index (χ4v) is 6.74. The van der Waals surface area contributed by atoms with Gasteiger partial charge < -0.3 is 13.4 Å². The molecule has 0 saturated heterocycles. The molecule has 4 aromatic heterocycles. The number of rotatable bonds is 4. The molecule has 6 heteroatoms. The second kappa shape index (κ2) is 9.99. The van der Waals surface area contributed by atoms with Crippen LogP contribution in [0.15, 0.2) is 154 Å². The van der Waals surface area contributed by atoms with Crippen LogP contribution in [0.3, 0.4) is 0 Å². The van der Waals surface area contributed by atoms with Gasteiger partial charge in [0.25, 0.3) is 0 Å². The Balaban J connectivity index is 1.20. The van der Waals surface area contributed by atoms with Gasteiger partial charge in [-0.15, -0.1) is 0 Å². The average molecular weight is 605 g/mol. The van der Waals surface area contributed by atoms with Crippen LogP contribution in [0.2, 0.25) is 0 Å². The first-order valence-electron chi connectivity index (χ1n) is 15.5. The Hall–Kier alpha value is -6.53. The third-order valence-corrected chi connectivity index (χ3v) is 8.86. The fourth-order valence-electron chi connectivity index (χ4n) is 6.74. The van der Waals surface area contributed by atoms with Crippen LogP contribution in [-0.2, 0) is 0 Å². The van der Waals surface area contributed by atoms with Crippen molar-refractivity contribution in [3.05, 3.63) is 146 Å². The molecular formula is C41H24N4O2. The van der Waals surface area contributed by atoms with Gasteiger partial charge in [0.05, 0.1) is 16.6 Å². The highest BCUT2D eigenvalue weighted by atomic mass is 16.3. The molecule has 6 nitrogen and oxygen atoms in total. The summed E-state index contributed by atoms with van der Waals surface area (Å²) in [6.45, 7) is 0. The van der Waals surface area contributed by atoms with Crippen molar-refractivity contribution in [1.82, 2.24) is 19.5 Å². The molecular weight excluding hydrogens is 580 g/mol. The lowest BCUT2D eigenvalue weighted by atomic mass is 10.1. The standard InChI is InChI=1S/C41H24N4O2/c1-3-12-25(13-4-1)39-42-40(26-14-5-2-6-15-26)44-41(43-39)27-22-23-29-35(24-27)46-34-21-11-19-32(36(29)34)45-31-18-9-7-16-28(31)38-37(45)30-17-8-10-20-33(30)47-38/h1-24H. The molecule has 0 atom stereocenters. The molecule has 0 bridgehead atoms. The summed E-state index contributed by atoms with van der Waals surface area (Å²) in [6, 6.07) is 49.1. The van der Waals surface area contributed by atoms with Gasteiger partial charge in [-0.3, -0.25) is 0 Å². The van der Waals surface area contributed by atoms with E-state index in [-0.39, 0.29) is 0 Å². The zero-order chi connectivity index (χ0) is 30.9. The molecule has 47 heavy (non-hydrogen) atoms. The number of aromatic nitrogens is 4. The third kappa shape index (κ3) is 3.95. The van der Waals surface area contributed by atoms with Gasteiger partial charge >= 0.3 is 0 Å². The molecule has 6 aromatic carbocycles. The quantitative estimate of drug-likeness (QED) is 0.200. The first-order valence-corrected chi connectivity index (χ1v) is 15.5. The summed E-state index contributed by atoms with van der Waals surface area (Å²) < 4.78 is 15.3. The van der Waals surface area contributed by atoms with Crippen LogP contribution >= 0.6 is 0 Å². The molecule has 220 valence electrons. The first kappa shape index (κ1) is 25.8. The zero-order valence-corrected chi connectivity index (χ0v) is 25.0. The Morgan fingerprint density at radius 3 is 1.79 bits per heavy atom. The van der Waals surface area contributed by atoms with E-state index in [0.717, 1.165) is 77.3 Å². The second-order valence-electron chi connectivity index (χ2n) is 11.6. The lowest BCUT2D eigenvalue weighted by Gasteiger charge is -2.09. The molecule has 0 aliphatic rings. The van der Waals surface area contributed by atoms with Crippen LogP contribution in [0.4, 0.5) is 0 Å². The number of para-hydroxylation sites is 2. The van der Waals surface area contributed by atoms with Gasteiger partial charge in [0, 0.05) is 32.8 Å². The first-order chi connectivity index (χ1) is 23.3. The Kier molecular flexibility index (Phi) is 5.48. The van der Waals surface area contributed by atoms with Crippen LogP contribution in [0.5, 0.6) is 0 Å². The number of fused-ring (bicyclic) bond motifs is 8. The highest BCUT2D eigenvalue weighted by molar-refractivity contribution is 6.18. The largest absolute Gasteiger partial charge is 0.456 e. The number of hydrogen-bond donors (Lipinski definition) is 0. The summed E-state index contributed by atoms with van der Waals surface area (Å²) in [5.74, 6) is 1.83. The third-order valence-electron chi connectivity index (χ3n) is 8.86. The normalized spacial score (nSPS) is 11.8. The number of hydrogen-bond acceptors (Lipinski definition) is 5. The van der Waals surface area contributed by atoms with Crippen molar-refractivity contribution in [2.45, 2.75) is 0 Å². The molecule has 0 aliphatic heterocycles. The molecule has 4 heterocycles. The molecule has 0 spiro atoms. The predicted octanol–water partition coefficient (Wildman–Crippen LogP) is 10.6. The van der Waals surface area contributed by atoms with Crippen molar-refractivity contribution in [3.8, 4) is 39.9 Å². The van der Waals surface area contributed by atoms with E-state index in [2.05, 4.69) is 59.2 Å². The van der Waals surface area contributed by atoms with Crippen LogP contribution in [0, 0.1) is 0 Å². The lowest BCUT2D eigenvalue weighted by molar-refractivity contribution is 0.669. The van der Waals surface area contributed by atoms with Gasteiger partial charge in [0.1, 0.15) is 22.3 Å². The average Bonchev–Trinajstić information content (AvgIpc) is 3.81. The van der Waals surface area contributed by atoms with Crippen LogP contribution in [0.1, 0.15) is 0 Å². The van der Waals surface area contributed by atoms with Gasteiger partial charge in [-0.05, 0) is 48.5 Å². The van der Waals surface area contributed by atoms with E-state index >= 15 is 0 Å². The molecule has 0 unspecified atom stereocenters. The smallest absolute Gasteiger partial charge is 0.164 e. The highest BCUT2D eigenvalue weighted by Gasteiger charge is 2.22. The molecule has 0 saturated carbocycles. The van der Waals surface area contributed by atoms with E-state index in [1.807, 2.05) is 91.0 Å². The van der Waals surface area contributed by atoms with E-state index in [9.17, 15) is 0 Å². The molecule has 0 radical (unpaired) electrons. The van der Waals surface area contributed by atoms with Gasteiger partial charge in [-0.25, -0.2) is 15.0 Å². The van der Waals surface area contributed by atoms with Gasteiger partial charge in [0.15, 0.2) is 23.1 Å². The minimum Gasteiger partial charge on any atom is -0.456 e. The number of furan rings is 2. The SMILES string of the molecule is c1ccc(-c2nc(-c3ccccc3)nc(-c3ccc4c(c3)oc3cccc(-n5c6ccccc6c6oc7ccccc7c65)c34)n2)cc1. The lowest BCUT2D eigenvalue weighted by Crippen LogP contribution is -2.00. The maximum Gasteiger partial charge on any atom is 0.164 e. The van der Waals surface area contributed by atoms with Crippen molar-refractivity contribution >= 4 is 54.9 Å². The van der Waals surface area contributed by atoms with Crippen LogP contribution in [-0.4, -0.2) is 19.5 Å². The van der Waals surface area contributed by atoms with E-state index in [1.54, 1.807) is 0 Å². The molecule has 0 fully saturated rings. The highest BCUT2D eigenvalue weighted by Crippen LogP contribution is 2.42. The van der Waals surface area contributed by atoms with Gasteiger partial charge in [0.2, 0.25) is 0 Å². The van der Waals surface area contributed by atoms with E-state index in [4.69, 9.17) is 23.8 Å². The van der Waals surface area contributed by atoms with Crippen LogP contribution < -0.4 is 0 Å². The molecule has 10 aromatic rings. The van der Waals surface area contributed by atoms with E-state index in [0.29, 0.717) is 17.5 Å². The van der Waals surface area contributed by atoms with Crippen molar-refractivity contribution in [3.63, 3.8) is 0 Å². The van der Waals surface area contributed by atoms with Crippen LogP contribution in [0.25, 0.3) is 94.8 Å². The summed E-state index contributed by atoms with van der Waals surface area (Å²) >= 11 is 0. The summed E-state index contributed by atoms with van der Waals surface area (Å²) in [7, 11) is 0. The summed E-state index contributed by atoms with van der Waals surface area (Å²) in [4.78, 5) is 14.7. The summed E-state index contributed by atoms with van der Waals surface area (Å²) in [6.07, 6.45) is 0. The fraction of sp³-hybridized carbons (Fsp3) is 0. The summed E-state index contributed by atoms with van der Waals surface area (Å²) in [5, 5.41) is 4.19. The number of benzene rings is 6. The Bertz CT molecular complexity index is 2730.